The highest BCUT2D eigenvalue weighted by Gasteiger charge is 2.32. The average Bonchev–Trinajstić information content (AvgIpc) is 2.63. The topological polar surface area (TPSA) is 69.7 Å². The Balaban J connectivity index is 2.17. The maximum Gasteiger partial charge on any atom is 0.243 e. The normalized spacial score (nSPS) is 16.3. The Morgan fingerprint density at radius 1 is 0.963 bits per heavy atom. The fourth-order valence-electron chi connectivity index (χ4n) is 3.55. The SMILES string of the molecule is C=CCNC(=O)CN1CCN(S(=O)(=O)c2c(C)c(C)c(C)c(C)c2C)CC1. The molecule has 2 rings (SSSR count). The summed E-state index contributed by atoms with van der Waals surface area (Å²) >= 11 is 0. The van der Waals surface area contributed by atoms with Crippen LogP contribution in [0.25, 0.3) is 0 Å². The van der Waals surface area contributed by atoms with E-state index in [1.165, 1.54) is 0 Å². The predicted molar refractivity (Wildman–Crippen MR) is 109 cm³/mol. The fourth-order valence-corrected chi connectivity index (χ4v) is 5.54. The van der Waals surface area contributed by atoms with Crippen LogP contribution in [0.5, 0.6) is 0 Å². The van der Waals surface area contributed by atoms with E-state index < -0.39 is 10.0 Å². The first-order valence-corrected chi connectivity index (χ1v) is 10.7. The highest BCUT2D eigenvalue weighted by atomic mass is 32.2. The summed E-state index contributed by atoms with van der Waals surface area (Å²) in [5.74, 6) is -0.0670. The Labute approximate surface area is 163 Å². The van der Waals surface area contributed by atoms with Gasteiger partial charge in [0.15, 0.2) is 0 Å². The van der Waals surface area contributed by atoms with Crippen LogP contribution in [0.4, 0.5) is 0 Å². The zero-order valence-corrected chi connectivity index (χ0v) is 17.9. The molecule has 0 atom stereocenters. The van der Waals surface area contributed by atoms with Gasteiger partial charge in [-0.3, -0.25) is 9.69 Å². The minimum absolute atomic E-state index is 0.0670. The number of amides is 1. The van der Waals surface area contributed by atoms with Gasteiger partial charge in [0.1, 0.15) is 0 Å². The van der Waals surface area contributed by atoms with E-state index in [0.717, 1.165) is 27.8 Å². The maximum absolute atomic E-state index is 13.3. The standard InChI is InChI=1S/C20H31N3O3S/c1-7-8-21-19(24)13-22-9-11-23(12-10-22)27(25,26)20-17(5)15(3)14(2)16(4)18(20)6/h7H,1,8-13H2,2-6H3,(H,21,24). The number of hydrogen-bond donors (Lipinski definition) is 1. The summed E-state index contributed by atoms with van der Waals surface area (Å²) in [4.78, 5) is 14.3. The number of rotatable bonds is 6. The lowest BCUT2D eigenvalue weighted by atomic mass is 9.95. The second-order valence-corrected chi connectivity index (χ2v) is 9.10. The molecule has 1 aromatic carbocycles. The zero-order chi connectivity index (χ0) is 20.4. The first-order chi connectivity index (χ1) is 12.6. The lowest BCUT2D eigenvalue weighted by molar-refractivity contribution is -0.122. The van der Waals surface area contributed by atoms with Crippen molar-refractivity contribution in [1.29, 1.82) is 0 Å². The van der Waals surface area contributed by atoms with Gasteiger partial charge in [0.25, 0.3) is 0 Å². The van der Waals surface area contributed by atoms with Gasteiger partial charge in [-0.2, -0.15) is 4.31 Å². The Bertz CT molecular complexity index is 810. The Hall–Kier alpha value is -1.70. The summed E-state index contributed by atoms with van der Waals surface area (Å²) in [6, 6.07) is 0. The van der Waals surface area contributed by atoms with Gasteiger partial charge >= 0.3 is 0 Å². The maximum atomic E-state index is 13.3. The molecule has 150 valence electrons. The number of sulfonamides is 1. The van der Waals surface area contributed by atoms with E-state index in [2.05, 4.69) is 11.9 Å². The van der Waals surface area contributed by atoms with E-state index in [-0.39, 0.29) is 12.5 Å². The summed E-state index contributed by atoms with van der Waals surface area (Å²) < 4.78 is 28.2. The monoisotopic (exact) mass is 393 g/mol. The summed E-state index contributed by atoms with van der Waals surface area (Å²) in [5, 5.41) is 2.75. The van der Waals surface area contributed by atoms with Crippen LogP contribution in [0.1, 0.15) is 27.8 Å². The molecule has 0 radical (unpaired) electrons. The molecule has 0 bridgehead atoms. The van der Waals surface area contributed by atoms with Gasteiger partial charge in [-0.15, -0.1) is 6.58 Å². The molecule has 6 nitrogen and oxygen atoms in total. The molecule has 1 fully saturated rings. The van der Waals surface area contributed by atoms with Crippen LogP contribution in [-0.4, -0.2) is 62.8 Å². The third-order valence-corrected chi connectivity index (χ3v) is 7.84. The van der Waals surface area contributed by atoms with Gasteiger partial charge in [0.05, 0.1) is 11.4 Å². The molecule has 1 N–H and O–H groups in total. The molecule has 7 heteroatoms. The molecular weight excluding hydrogens is 362 g/mol. The molecular formula is C20H31N3O3S. The van der Waals surface area contributed by atoms with E-state index in [0.29, 0.717) is 37.6 Å². The van der Waals surface area contributed by atoms with Crippen molar-refractivity contribution in [1.82, 2.24) is 14.5 Å². The molecule has 1 amide bonds. The molecule has 1 heterocycles. The summed E-state index contributed by atoms with van der Waals surface area (Å²) in [6.07, 6.45) is 1.64. The lowest BCUT2D eigenvalue weighted by Crippen LogP contribution is -2.51. The highest BCUT2D eigenvalue weighted by Crippen LogP contribution is 2.31. The predicted octanol–water partition coefficient (Wildman–Crippen LogP) is 1.84. The molecule has 0 aliphatic carbocycles. The summed E-state index contributed by atoms with van der Waals surface area (Å²) in [6.45, 7) is 16.0. The van der Waals surface area contributed by atoms with Crippen molar-refractivity contribution in [2.24, 2.45) is 0 Å². The van der Waals surface area contributed by atoms with Crippen molar-refractivity contribution in [2.45, 2.75) is 39.5 Å². The van der Waals surface area contributed by atoms with E-state index >= 15 is 0 Å². The first-order valence-electron chi connectivity index (χ1n) is 9.28. The van der Waals surface area contributed by atoms with E-state index in [9.17, 15) is 13.2 Å². The molecule has 1 saturated heterocycles. The van der Waals surface area contributed by atoms with E-state index in [1.807, 2.05) is 39.5 Å². The van der Waals surface area contributed by atoms with Crippen LogP contribution in [-0.2, 0) is 14.8 Å². The van der Waals surface area contributed by atoms with Crippen molar-refractivity contribution < 1.29 is 13.2 Å². The second-order valence-electron chi connectivity index (χ2n) is 7.23. The van der Waals surface area contributed by atoms with E-state index in [4.69, 9.17) is 0 Å². The molecule has 1 aromatic rings. The minimum Gasteiger partial charge on any atom is -0.352 e. The Morgan fingerprint density at radius 2 is 1.44 bits per heavy atom. The number of nitrogens with zero attached hydrogens (tertiary/aromatic N) is 2. The van der Waals surface area contributed by atoms with E-state index in [1.54, 1.807) is 10.4 Å². The highest BCUT2D eigenvalue weighted by molar-refractivity contribution is 7.89. The van der Waals surface area contributed by atoms with Crippen LogP contribution in [0.3, 0.4) is 0 Å². The molecule has 27 heavy (non-hydrogen) atoms. The molecule has 0 saturated carbocycles. The average molecular weight is 394 g/mol. The zero-order valence-electron chi connectivity index (χ0n) is 17.1. The Kier molecular flexibility index (Phi) is 6.83. The molecule has 0 spiro atoms. The third-order valence-electron chi connectivity index (χ3n) is 5.67. The third kappa shape index (κ3) is 4.42. The van der Waals surface area contributed by atoms with Crippen LogP contribution < -0.4 is 5.32 Å². The fraction of sp³-hybridized carbons (Fsp3) is 0.550. The van der Waals surface area contributed by atoms with Gasteiger partial charge in [0.2, 0.25) is 15.9 Å². The molecule has 0 unspecified atom stereocenters. The van der Waals surface area contributed by atoms with Crippen LogP contribution in [0, 0.1) is 34.6 Å². The van der Waals surface area contributed by atoms with Crippen LogP contribution in [0.2, 0.25) is 0 Å². The molecule has 0 aromatic heterocycles. The van der Waals surface area contributed by atoms with Gasteiger partial charge in [0, 0.05) is 32.7 Å². The molecule has 1 aliphatic rings. The summed E-state index contributed by atoms with van der Waals surface area (Å²) in [5.41, 5.74) is 4.89. The van der Waals surface area contributed by atoms with Gasteiger partial charge < -0.3 is 5.32 Å². The van der Waals surface area contributed by atoms with Crippen molar-refractivity contribution in [3.05, 3.63) is 40.5 Å². The van der Waals surface area contributed by atoms with Crippen LogP contribution in [0.15, 0.2) is 17.6 Å². The number of benzene rings is 1. The second kappa shape index (κ2) is 8.54. The first kappa shape index (κ1) is 21.6. The van der Waals surface area contributed by atoms with Crippen molar-refractivity contribution in [3.63, 3.8) is 0 Å². The number of piperazine rings is 1. The Morgan fingerprint density at radius 3 is 1.93 bits per heavy atom. The van der Waals surface area contributed by atoms with Crippen molar-refractivity contribution in [3.8, 4) is 0 Å². The number of nitrogens with one attached hydrogen (secondary N) is 1. The summed E-state index contributed by atoms with van der Waals surface area (Å²) in [7, 11) is -3.56. The van der Waals surface area contributed by atoms with Gasteiger partial charge in [-0.1, -0.05) is 6.08 Å². The van der Waals surface area contributed by atoms with Crippen molar-refractivity contribution in [2.75, 3.05) is 39.3 Å². The number of carbonyl (C=O) groups is 1. The van der Waals surface area contributed by atoms with Gasteiger partial charge in [-0.25, -0.2) is 8.42 Å². The van der Waals surface area contributed by atoms with Crippen LogP contribution >= 0.6 is 0 Å². The minimum atomic E-state index is -3.56. The van der Waals surface area contributed by atoms with Gasteiger partial charge in [-0.05, 0) is 62.4 Å². The molecule has 1 aliphatic heterocycles. The lowest BCUT2D eigenvalue weighted by Gasteiger charge is -2.34. The number of hydrogen-bond acceptors (Lipinski definition) is 4. The smallest absolute Gasteiger partial charge is 0.243 e. The largest absolute Gasteiger partial charge is 0.352 e. The number of carbonyl (C=O) groups excluding carboxylic acids is 1. The quantitative estimate of drug-likeness (QED) is 0.749. The van der Waals surface area contributed by atoms with Crippen molar-refractivity contribution >= 4 is 15.9 Å².